The maximum absolute atomic E-state index is 12.7. The van der Waals surface area contributed by atoms with Crippen LogP contribution >= 0.6 is 7.82 Å². The lowest BCUT2D eigenvalue weighted by atomic mass is 10.0. The molecule has 0 radical (unpaired) electrons. The average Bonchev–Trinajstić information content (AvgIpc) is 3.52. The quantitative estimate of drug-likeness (QED) is 0.0264. The SMILES string of the molecule is CC/C=C\C/C=C\C/C=C\C/C=C\C/C=C\C/C=C\C/C=C\CCCC(=O)OC(COC(=O)CCCCCCCCCCCCCCCCCCCCCCCC/C=C\C/C=C\C/C=C\C/C=C\C/C=C\C/C=C\CC)COP(=O)(O)OCCN. The highest BCUT2D eigenvalue weighted by molar-refractivity contribution is 7.47. The van der Waals surface area contributed by atoms with Gasteiger partial charge >= 0.3 is 19.8 Å². The van der Waals surface area contributed by atoms with Gasteiger partial charge in [0.15, 0.2) is 6.10 Å². The van der Waals surface area contributed by atoms with E-state index in [0.717, 1.165) is 103 Å². The summed E-state index contributed by atoms with van der Waals surface area (Å²) in [5.41, 5.74) is 5.39. The van der Waals surface area contributed by atoms with Crippen LogP contribution in [0.3, 0.4) is 0 Å². The molecule has 3 N–H and O–H groups in total. The molecule has 0 aromatic heterocycles. The zero-order valence-corrected chi connectivity index (χ0v) is 54.9. The van der Waals surface area contributed by atoms with Gasteiger partial charge in [0, 0.05) is 19.4 Å². The second kappa shape index (κ2) is 68.7. The van der Waals surface area contributed by atoms with Gasteiger partial charge in [-0.2, -0.15) is 0 Å². The fourth-order valence-corrected chi connectivity index (χ4v) is 9.75. The molecule has 0 saturated heterocycles. The van der Waals surface area contributed by atoms with Crippen molar-refractivity contribution in [3.05, 3.63) is 158 Å². The molecule has 2 atom stereocenters. The highest BCUT2D eigenvalue weighted by atomic mass is 31.2. The van der Waals surface area contributed by atoms with Crippen molar-refractivity contribution < 1.29 is 37.6 Å². The van der Waals surface area contributed by atoms with Crippen LogP contribution in [-0.4, -0.2) is 49.3 Å². The van der Waals surface area contributed by atoms with Gasteiger partial charge in [0.1, 0.15) is 6.61 Å². The minimum atomic E-state index is -4.42. The first-order chi connectivity index (χ1) is 41.8. The number of nitrogens with two attached hydrogens (primary N) is 1. The maximum Gasteiger partial charge on any atom is 0.472 e. The molecule has 0 aliphatic carbocycles. The van der Waals surface area contributed by atoms with E-state index in [4.69, 9.17) is 24.3 Å². The van der Waals surface area contributed by atoms with E-state index in [1.165, 1.54) is 128 Å². The Kier molecular flexibility index (Phi) is 65.2. The van der Waals surface area contributed by atoms with Crippen molar-refractivity contribution in [1.29, 1.82) is 0 Å². The van der Waals surface area contributed by atoms with Crippen LogP contribution < -0.4 is 5.73 Å². The van der Waals surface area contributed by atoms with Crippen LogP contribution in [0.5, 0.6) is 0 Å². The molecule has 0 spiro atoms. The first-order valence-electron chi connectivity index (χ1n) is 34.0. The van der Waals surface area contributed by atoms with Crippen molar-refractivity contribution in [2.24, 2.45) is 5.73 Å². The first-order valence-corrected chi connectivity index (χ1v) is 35.5. The third-order valence-corrected chi connectivity index (χ3v) is 14.9. The third kappa shape index (κ3) is 68.6. The Balaban J connectivity index is 3.90. The number of unbranched alkanes of at least 4 members (excludes halogenated alkanes) is 23. The zero-order chi connectivity index (χ0) is 61.6. The lowest BCUT2D eigenvalue weighted by Gasteiger charge is -2.19. The summed E-state index contributed by atoms with van der Waals surface area (Å²) in [6.45, 7) is 3.45. The van der Waals surface area contributed by atoms with Gasteiger partial charge in [-0.1, -0.05) is 300 Å². The summed E-state index contributed by atoms with van der Waals surface area (Å²) in [5.74, 6) is -0.899. The number of rotatable bonds is 62. The first kappa shape index (κ1) is 80.6. The van der Waals surface area contributed by atoms with Crippen molar-refractivity contribution in [2.45, 2.75) is 277 Å². The summed E-state index contributed by atoms with van der Waals surface area (Å²) in [4.78, 5) is 35.3. The molecular weight excluding hydrogens is 1070 g/mol. The molecule has 0 aliphatic rings. The summed E-state index contributed by atoms with van der Waals surface area (Å²) in [5, 5.41) is 0. The molecular formula is C75H124NO8P. The van der Waals surface area contributed by atoms with E-state index in [9.17, 15) is 19.0 Å². The molecule has 0 heterocycles. The highest BCUT2D eigenvalue weighted by Gasteiger charge is 2.26. The van der Waals surface area contributed by atoms with Crippen molar-refractivity contribution >= 4 is 19.8 Å². The Morgan fingerprint density at radius 3 is 0.941 bits per heavy atom. The fraction of sp³-hybridized carbons (Fsp3) is 0.627. The number of carbonyl (C=O) groups excluding carboxylic acids is 2. The second-order valence-corrected chi connectivity index (χ2v) is 23.4. The Morgan fingerprint density at radius 2 is 0.624 bits per heavy atom. The summed E-state index contributed by atoms with van der Waals surface area (Å²) >= 11 is 0. The Morgan fingerprint density at radius 1 is 0.353 bits per heavy atom. The average molecular weight is 1200 g/mol. The van der Waals surface area contributed by atoms with Crippen molar-refractivity contribution in [1.82, 2.24) is 0 Å². The predicted molar refractivity (Wildman–Crippen MR) is 366 cm³/mol. The molecule has 0 amide bonds. The van der Waals surface area contributed by atoms with Crippen LogP contribution in [0, 0.1) is 0 Å². The predicted octanol–water partition coefficient (Wildman–Crippen LogP) is 22.4. The number of allylic oxidation sites excluding steroid dienone is 26. The highest BCUT2D eigenvalue weighted by Crippen LogP contribution is 2.43. The van der Waals surface area contributed by atoms with E-state index in [1.54, 1.807) is 0 Å². The third-order valence-electron chi connectivity index (χ3n) is 13.9. The number of phosphoric acid groups is 1. The van der Waals surface area contributed by atoms with Crippen molar-refractivity contribution in [2.75, 3.05) is 26.4 Å². The van der Waals surface area contributed by atoms with Crippen LogP contribution in [0.25, 0.3) is 0 Å². The molecule has 0 aromatic carbocycles. The van der Waals surface area contributed by atoms with E-state index >= 15 is 0 Å². The molecule has 9 nitrogen and oxygen atoms in total. The number of hydrogen-bond acceptors (Lipinski definition) is 8. The minimum absolute atomic E-state index is 0.0379. The normalized spacial score (nSPS) is 14.0. The molecule has 0 saturated carbocycles. The van der Waals surface area contributed by atoms with E-state index in [-0.39, 0.29) is 32.6 Å². The van der Waals surface area contributed by atoms with Gasteiger partial charge < -0.3 is 20.1 Å². The molecule has 0 aliphatic heterocycles. The molecule has 0 bridgehead atoms. The number of ether oxygens (including phenoxy) is 2. The van der Waals surface area contributed by atoms with Crippen LogP contribution in [0.15, 0.2) is 158 Å². The van der Waals surface area contributed by atoms with Crippen LogP contribution in [0.2, 0.25) is 0 Å². The standard InChI is InChI=1S/C75H124NO8P/c1-3-5-7-9-11-13-15-17-19-21-23-25-27-28-29-30-31-32-33-34-35-36-37-38-39-40-41-42-43-44-46-47-49-51-53-55-57-59-61-63-65-67-74(77)81-71-73(72-83-85(79,80)82-70-69-76)84-75(78)68-66-64-62-60-58-56-54-52-50-48-45-26-24-22-20-18-16-14-12-10-8-6-4-2/h5-8,11-14,17-20,23-26,28-29,31-32,48,50,54,56,60,62,73H,3-4,9-10,15-16,21-22,27,30,33-47,49,51-53,55,57-59,61,63-72,76H2,1-2H3,(H,79,80)/b7-5-,8-6-,13-11-,14-12-,19-17-,20-18-,25-23-,26-24-,29-28-,32-31-,50-48-,56-54-,62-60-. The smallest absolute Gasteiger partial charge is 0.462 e. The summed E-state index contributed by atoms with van der Waals surface area (Å²) in [6, 6.07) is 0. The summed E-state index contributed by atoms with van der Waals surface area (Å²) in [6.07, 6.45) is 101. The molecule has 0 aromatic rings. The number of carbonyl (C=O) groups is 2. The van der Waals surface area contributed by atoms with Crippen molar-refractivity contribution in [3.8, 4) is 0 Å². The number of esters is 2. The van der Waals surface area contributed by atoms with Gasteiger partial charge in [0.25, 0.3) is 0 Å². The topological polar surface area (TPSA) is 134 Å². The molecule has 0 fully saturated rings. The van der Waals surface area contributed by atoms with Crippen LogP contribution in [0.4, 0.5) is 0 Å². The zero-order valence-electron chi connectivity index (χ0n) is 54.0. The Labute approximate surface area is 521 Å². The molecule has 10 heteroatoms. The fourth-order valence-electron chi connectivity index (χ4n) is 8.98. The lowest BCUT2D eigenvalue weighted by Crippen LogP contribution is -2.29. The maximum atomic E-state index is 12.7. The summed E-state index contributed by atoms with van der Waals surface area (Å²) < 4.78 is 33.0. The second-order valence-electron chi connectivity index (χ2n) is 21.9. The van der Waals surface area contributed by atoms with Gasteiger partial charge in [-0.05, 0) is 116 Å². The molecule has 482 valence electrons. The van der Waals surface area contributed by atoms with Crippen LogP contribution in [-0.2, 0) is 32.7 Å². The lowest BCUT2D eigenvalue weighted by molar-refractivity contribution is -0.161. The van der Waals surface area contributed by atoms with Gasteiger partial charge in [0.05, 0.1) is 13.2 Å². The Hall–Kier alpha value is -4.37. The van der Waals surface area contributed by atoms with Gasteiger partial charge in [-0.3, -0.25) is 18.6 Å². The summed E-state index contributed by atoms with van der Waals surface area (Å²) in [7, 11) is -4.42. The van der Waals surface area contributed by atoms with Gasteiger partial charge in [-0.15, -0.1) is 0 Å². The van der Waals surface area contributed by atoms with E-state index < -0.39 is 32.5 Å². The van der Waals surface area contributed by atoms with E-state index in [1.807, 2.05) is 6.08 Å². The minimum Gasteiger partial charge on any atom is -0.462 e. The van der Waals surface area contributed by atoms with Crippen LogP contribution in [0.1, 0.15) is 271 Å². The van der Waals surface area contributed by atoms with E-state index in [0.29, 0.717) is 12.8 Å². The van der Waals surface area contributed by atoms with Gasteiger partial charge in [0.2, 0.25) is 0 Å². The molecule has 85 heavy (non-hydrogen) atoms. The number of phosphoric ester groups is 1. The largest absolute Gasteiger partial charge is 0.472 e. The van der Waals surface area contributed by atoms with Gasteiger partial charge in [-0.25, -0.2) is 4.57 Å². The van der Waals surface area contributed by atoms with Crippen molar-refractivity contribution in [3.63, 3.8) is 0 Å². The monoisotopic (exact) mass is 1200 g/mol. The molecule has 2 unspecified atom stereocenters. The Bertz CT molecular complexity index is 1950. The molecule has 0 rings (SSSR count). The van der Waals surface area contributed by atoms with E-state index in [2.05, 4.69) is 166 Å². The number of hydrogen-bond donors (Lipinski definition) is 2.